The molecule has 3 rings (SSSR count). The van der Waals surface area contributed by atoms with Crippen molar-refractivity contribution in [2.24, 2.45) is 0 Å². The van der Waals surface area contributed by atoms with E-state index < -0.39 is 0 Å². The minimum Gasteiger partial charge on any atom is -0.329 e. The molecule has 0 radical (unpaired) electrons. The molecule has 116 valence electrons. The Labute approximate surface area is 144 Å². The van der Waals surface area contributed by atoms with Crippen molar-refractivity contribution >= 4 is 39.1 Å². The minimum atomic E-state index is 0.588. The van der Waals surface area contributed by atoms with E-state index in [4.69, 9.17) is 0 Å². The SMILES string of the molecule is Cc1cc(N(C)c2ccccc2)nc(Nc2ccc(Br)cc2)n1. The summed E-state index contributed by atoms with van der Waals surface area (Å²) >= 11 is 3.43. The molecule has 0 amide bonds. The van der Waals surface area contributed by atoms with E-state index in [-0.39, 0.29) is 0 Å². The highest BCUT2D eigenvalue weighted by Crippen LogP contribution is 2.24. The maximum atomic E-state index is 4.62. The maximum absolute atomic E-state index is 4.62. The summed E-state index contributed by atoms with van der Waals surface area (Å²) in [5.74, 6) is 1.44. The van der Waals surface area contributed by atoms with Crippen LogP contribution in [0.2, 0.25) is 0 Å². The van der Waals surface area contributed by atoms with Crippen LogP contribution in [0.1, 0.15) is 5.69 Å². The summed E-state index contributed by atoms with van der Waals surface area (Å²) < 4.78 is 1.04. The van der Waals surface area contributed by atoms with Crippen molar-refractivity contribution in [1.29, 1.82) is 0 Å². The van der Waals surface area contributed by atoms with Gasteiger partial charge in [0, 0.05) is 34.7 Å². The van der Waals surface area contributed by atoms with Crippen LogP contribution < -0.4 is 10.2 Å². The lowest BCUT2D eigenvalue weighted by atomic mass is 10.3. The molecule has 0 aliphatic heterocycles. The van der Waals surface area contributed by atoms with Gasteiger partial charge in [-0.3, -0.25) is 0 Å². The highest BCUT2D eigenvalue weighted by Gasteiger charge is 2.08. The molecule has 0 aliphatic rings. The Balaban J connectivity index is 1.88. The van der Waals surface area contributed by atoms with Crippen LogP contribution in [0.4, 0.5) is 23.1 Å². The number of aryl methyl sites for hydroxylation is 1. The third-order valence-corrected chi connectivity index (χ3v) is 3.96. The number of nitrogens with zero attached hydrogens (tertiary/aromatic N) is 3. The number of halogens is 1. The molecule has 0 aliphatic carbocycles. The fourth-order valence-electron chi connectivity index (χ4n) is 2.23. The highest BCUT2D eigenvalue weighted by atomic mass is 79.9. The first-order valence-electron chi connectivity index (χ1n) is 7.29. The molecular formula is C18H17BrN4. The standard InChI is InChI=1S/C18H17BrN4/c1-13-12-17(23(2)16-6-4-3-5-7-16)22-18(20-13)21-15-10-8-14(19)9-11-15/h3-12H,1-2H3,(H,20,21,22). The molecule has 0 saturated carbocycles. The van der Waals surface area contributed by atoms with E-state index in [9.17, 15) is 0 Å². The minimum absolute atomic E-state index is 0.588. The first-order chi connectivity index (χ1) is 11.1. The summed E-state index contributed by atoms with van der Waals surface area (Å²) in [4.78, 5) is 11.1. The zero-order chi connectivity index (χ0) is 16.2. The Hall–Kier alpha value is -2.40. The van der Waals surface area contributed by atoms with Crippen LogP contribution in [-0.2, 0) is 0 Å². The van der Waals surface area contributed by atoms with Crippen LogP contribution in [0.15, 0.2) is 65.1 Å². The number of benzene rings is 2. The molecular weight excluding hydrogens is 352 g/mol. The molecule has 5 heteroatoms. The Bertz CT molecular complexity index is 788. The van der Waals surface area contributed by atoms with Crippen molar-refractivity contribution in [3.63, 3.8) is 0 Å². The number of anilines is 4. The van der Waals surface area contributed by atoms with Crippen molar-refractivity contribution in [2.75, 3.05) is 17.3 Å². The topological polar surface area (TPSA) is 41.1 Å². The molecule has 3 aromatic rings. The fourth-order valence-corrected chi connectivity index (χ4v) is 2.49. The van der Waals surface area contributed by atoms with Crippen LogP contribution >= 0.6 is 15.9 Å². The van der Waals surface area contributed by atoms with E-state index >= 15 is 0 Å². The number of hydrogen-bond acceptors (Lipinski definition) is 4. The van der Waals surface area contributed by atoms with Gasteiger partial charge in [-0.15, -0.1) is 0 Å². The van der Waals surface area contributed by atoms with Gasteiger partial charge >= 0.3 is 0 Å². The van der Waals surface area contributed by atoms with Crippen molar-refractivity contribution in [3.05, 3.63) is 70.8 Å². The van der Waals surface area contributed by atoms with Crippen molar-refractivity contribution in [1.82, 2.24) is 9.97 Å². The number of aromatic nitrogens is 2. The van der Waals surface area contributed by atoms with Crippen molar-refractivity contribution < 1.29 is 0 Å². The molecule has 0 fully saturated rings. The summed E-state index contributed by atoms with van der Waals surface area (Å²) in [5, 5.41) is 3.25. The first-order valence-corrected chi connectivity index (χ1v) is 8.08. The lowest BCUT2D eigenvalue weighted by molar-refractivity contribution is 1.05. The normalized spacial score (nSPS) is 10.4. The average Bonchev–Trinajstić information content (AvgIpc) is 2.56. The quantitative estimate of drug-likeness (QED) is 0.698. The van der Waals surface area contributed by atoms with E-state index in [1.807, 2.05) is 67.4 Å². The van der Waals surface area contributed by atoms with Gasteiger partial charge < -0.3 is 10.2 Å². The molecule has 0 atom stereocenters. The van der Waals surface area contributed by atoms with Crippen molar-refractivity contribution in [2.45, 2.75) is 6.92 Å². The Morgan fingerprint density at radius 2 is 1.65 bits per heavy atom. The zero-order valence-electron chi connectivity index (χ0n) is 13.0. The smallest absolute Gasteiger partial charge is 0.229 e. The second-order valence-electron chi connectivity index (χ2n) is 5.22. The van der Waals surface area contributed by atoms with Crippen molar-refractivity contribution in [3.8, 4) is 0 Å². The van der Waals surface area contributed by atoms with Crippen LogP contribution in [0.3, 0.4) is 0 Å². The van der Waals surface area contributed by atoms with E-state index in [0.29, 0.717) is 5.95 Å². The summed E-state index contributed by atoms with van der Waals surface area (Å²) in [5.41, 5.74) is 2.95. The second-order valence-corrected chi connectivity index (χ2v) is 6.13. The summed E-state index contributed by atoms with van der Waals surface area (Å²) in [6.45, 7) is 1.97. The maximum Gasteiger partial charge on any atom is 0.229 e. The van der Waals surface area contributed by atoms with Gasteiger partial charge in [0.15, 0.2) is 0 Å². The Kier molecular flexibility index (Phi) is 4.57. The summed E-state index contributed by atoms with van der Waals surface area (Å²) in [7, 11) is 2.00. The van der Waals surface area contributed by atoms with E-state index in [2.05, 4.69) is 43.3 Å². The molecule has 0 saturated heterocycles. The van der Waals surface area contributed by atoms with Crippen LogP contribution in [0.5, 0.6) is 0 Å². The molecule has 1 N–H and O–H groups in total. The molecule has 2 aromatic carbocycles. The molecule has 0 spiro atoms. The first kappa shape index (κ1) is 15.5. The second kappa shape index (κ2) is 6.79. The zero-order valence-corrected chi connectivity index (χ0v) is 14.6. The predicted octanol–water partition coefficient (Wildman–Crippen LogP) is 5.06. The van der Waals surface area contributed by atoms with Gasteiger partial charge in [-0.05, 0) is 43.3 Å². The lowest BCUT2D eigenvalue weighted by Crippen LogP contribution is -2.13. The number of hydrogen-bond donors (Lipinski definition) is 1. The third-order valence-electron chi connectivity index (χ3n) is 3.43. The largest absolute Gasteiger partial charge is 0.329 e. The van der Waals surface area contributed by atoms with Crippen LogP contribution in [0.25, 0.3) is 0 Å². The summed E-state index contributed by atoms with van der Waals surface area (Å²) in [6.07, 6.45) is 0. The van der Waals surface area contributed by atoms with Gasteiger partial charge in [0.1, 0.15) is 5.82 Å². The van der Waals surface area contributed by atoms with E-state index in [1.54, 1.807) is 0 Å². The molecule has 1 heterocycles. The van der Waals surface area contributed by atoms with Crippen LogP contribution in [0, 0.1) is 6.92 Å². The Morgan fingerprint density at radius 3 is 2.35 bits per heavy atom. The van der Waals surface area contributed by atoms with Gasteiger partial charge in [-0.2, -0.15) is 4.98 Å². The molecule has 23 heavy (non-hydrogen) atoms. The highest BCUT2D eigenvalue weighted by molar-refractivity contribution is 9.10. The number of rotatable bonds is 4. The number of nitrogens with one attached hydrogen (secondary N) is 1. The molecule has 0 unspecified atom stereocenters. The molecule has 1 aromatic heterocycles. The third kappa shape index (κ3) is 3.87. The van der Waals surface area contributed by atoms with Gasteiger partial charge in [0.05, 0.1) is 0 Å². The van der Waals surface area contributed by atoms with Gasteiger partial charge in [-0.1, -0.05) is 34.1 Å². The van der Waals surface area contributed by atoms with E-state index in [1.165, 1.54) is 0 Å². The fraction of sp³-hybridized carbons (Fsp3) is 0.111. The Morgan fingerprint density at radius 1 is 0.957 bits per heavy atom. The summed E-state index contributed by atoms with van der Waals surface area (Å²) in [6, 6.07) is 20.0. The van der Waals surface area contributed by atoms with Crippen LogP contribution in [-0.4, -0.2) is 17.0 Å². The molecule has 4 nitrogen and oxygen atoms in total. The average molecular weight is 369 g/mol. The van der Waals surface area contributed by atoms with Gasteiger partial charge in [0.25, 0.3) is 0 Å². The number of para-hydroxylation sites is 1. The van der Waals surface area contributed by atoms with E-state index in [0.717, 1.165) is 27.4 Å². The monoisotopic (exact) mass is 368 g/mol. The molecule has 0 bridgehead atoms. The predicted molar refractivity (Wildman–Crippen MR) is 98.7 cm³/mol. The van der Waals surface area contributed by atoms with Gasteiger partial charge in [-0.25, -0.2) is 4.98 Å². The lowest BCUT2D eigenvalue weighted by Gasteiger charge is -2.19. The van der Waals surface area contributed by atoms with Gasteiger partial charge in [0.2, 0.25) is 5.95 Å².